The number of benzene rings is 1. The fourth-order valence-corrected chi connectivity index (χ4v) is 5.74. The van der Waals surface area contributed by atoms with E-state index in [1.807, 2.05) is 0 Å². The van der Waals surface area contributed by atoms with Crippen LogP contribution >= 0.6 is 0 Å². The maximum atomic E-state index is 14.2. The lowest BCUT2D eigenvalue weighted by Crippen LogP contribution is -2.38. The van der Waals surface area contributed by atoms with Crippen LogP contribution in [-0.4, -0.2) is 33.3 Å². The molecule has 29 heavy (non-hydrogen) atoms. The number of alkyl halides is 1. The number of hydrogen-bond donors (Lipinski definition) is 0. The molecule has 1 aromatic heterocycles. The van der Waals surface area contributed by atoms with Crippen LogP contribution in [0.5, 0.6) is 0 Å². The number of amides is 1. The van der Waals surface area contributed by atoms with Gasteiger partial charge in [-0.25, -0.2) is 8.78 Å². The zero-order chi connectivity index (χ0) is 20.2. The number of carbonyl (C=O) groups is 1. The van der Waals surface area contributed by atoms with Crippen molar-refractivity contribution >= 4 is 5.91 Å². The van der Waals surface area contributed by atoms with Crippen LogP contribution in [0.3, 0.4) is 0 Å². The van der Waals surface area contributed by atoms with E-state index >= 15 is 0 Å². The van der Waals surface area contributed by atoms with E-state index in [-0.39, 0.29) is 36.0 Å². The Hall–Kier alpha value is -2.75. The summed E-state index contributed by atoms with van der Waals surface area (Å²) in [4.78, 5) is 15.0. The van der Waals surface area contributed by atoms with Crippen LogP contribution in [0, 0.1) is 34.4 Å². The SMILES string of the molecule is N#Cc1cnn(CC23CC(C2)[C@@H](C(=O)N2CC(F)CC2c2cccc(F)c2)C3)c1. The van der Waals surface area contributed by atoms with Gasteiger partial charge in [0.25, 0.3) is 0 Å². The summed E-state index contributed by atoms with van der Waals surface area (Å²) >= 11 is 0. The summed E-state index contributed by atoms with van der Waals surface area (Å²) in [5.41, 5.74) is 1.23. The van der Waals surface area contributed by atoms with E-state index in [2.05, 4.69) is 11.2 Å². The number of fused-ring (bicyclic) bond motifs is 1. The summed E-state index contributed by atoms with van der Waals surface area (Å²) in [6, 6.07) is 7.84. The number of carbonyl (C=O) groups excluding carboxylic acids is 1. The maximum absolute atomic E-state index is 14.2. The van der Waals surface area contributed by atoms with E-state index in [1.54, 1.807) is 34.1 Å². The molecule has 1 saturated heterocycles. The highest BCUT2D eigenvalue weighted by Crippen LogP contribution is 2.63. The van der Waals surface area contributed by atoms with Gasteiger partial charge in [-0.2, -0.15) is 10.4 Å². The van der Waals surface area contributed by atoms with Crippen molar-refractivity contribution in [1.29, 1.82) is 5.26 Å². The molecule has 7 heteroatoms. The highest BCUT2D eigenvalue weighted by atomic mass is 19.1. The molecule has 4 aliphatic rings. The van der Waals surface area contributed by atoms with Gasteiger partial charge in [-0.3, -0.25) is 9.48 Å². The minimum atomic E-state index is -1.08. The van der Waals surface area contributed by atoms with Crippen molar-refractivity contribution in [3.8, 4) is 6.07 Å². The first kappa shape index (κ1) is 18.3. The second-order valence-corrected chi connectivity index (χ2v) is 8.91. The van der Waals surface area contributed by atoms with E-state index in [0.717, 1.165) is 19.3 Å². The molecular weight excluding hydrogens is 374 g/mol. The van der Waals surface area contributed by atoms with Gasteiger partial charge in [0.05, 0.1) is 24.3 Å². The normalized spacial score (nSPS) is 32.8. The summed E-state index contributed by atoms with van der Waals surface area (Å²) in [5.74, 6) is -0.153. The fraction of sp³-hybridized carbons (Fsp3) is 0.500. The zero-order valence-electron chi connectivity index (χ0n) is 16.0. The molecule has 4 fully saturated rings. The summed E-state index contributed by atoms with van der Waals surface area (Å²) in [6.45, 7) is 0.787. The van der Waals surface area contributed by atoms with Crippen LogP contribution in [0.4, 0.5) is 8.78 Å². The molecular formula is C22H22F2N4O. The molecule has 0 spiro atoms. The van der Waals surface area contributed by atoms with Crippen LogP contribution in [0.1, 0.15) is 42.9 Å². The predicted molar refractivity (Wildman–Crippen MR) is 101 cm³/mol. The van der Waals surface area contributed by atoms with Gasteiger partial charge in [-0.1, -0.05) is 12.1 Å². The standard InChI is InChI=1S/C22H22F2N4O/c23-17-3-1-2-15(4-17)20-5-18(24)12-28(20)21(29)19-8-22(6-16(19)7-22)13-27-11-14(9-25)10-26-27/h1-4,10-11,16,18-20H,5-8,12-13H2/t16?,18?,19-,20?,22?/m0/s1. The van der Waals surface area contributed by atoms with E-state index in [1.165, 1.54) is 12.1 Å². The summed E-state index contributed by atoms with van der Waals surface area (Å²) in [6.07, 6.45) is 5.13. The molecule has 2 bridgehead atoms. The van der Waals surface area contributed by atoms with Gasteiger partial charge in [-0.05, 0) is 48.3 Å². The van der Waals surface area contributed by atoms with Crippen molar-refractivity contribution in [2.45, 2.75) is 44.4 Å². The zero-order valence-corrected chi connectivity index (χ0v) is 16.0. The minimum absolute atomic E-state index is 0.00182. The van der Waals surface area contributed by atoms with Crippen LogP contribution in [-0.2, 0) is 11.3 Å². The first-order chi connectivity index (χ1) is 14.0. The topological polar surface area (TPSA) is 61.9 Å². The molecule has 6 rings (SSSR count). The van der Waals surface area contributed by atoms with E-state index in [4.69, 9.17) is 5.26 Å². The van der Waals surface area contributed by atoms with Gasteiger partial charge in [0.1, 0.15) is 18.1 Å². The van der Waals surface area contributed by atoms with E-state index in [0.29, 0.717) is 23.6 Å². The fourth-order valence-electron chi connectivity index (χ4n) is 5.74. The molecule has 2 aromatic rings. The van der Waals surface area contributed by atoms with E-state index in [9.17, 15) is 13.6 Å². The van der Waals surface area contributed by atoms with Gasteiger partial charge in [0, 0.05) is 25.1 Å². The minimum Gasteiger partial charge on any atom is -0.332 e. The average Bonchev–Trinajstić information content (AvgIpc) is 3.43. The van der Waals surface area contributed by atoms with Crippen LogP contribution in [0.25, 0.3) is 0 Å². The quantitative estimate of drug-likeness (QED) is 0.793. The van der Waals surface area contributed by atoms with Gasteiger partial charge in [-0.15, -0.1) is 0 Å². The molecule has 0 radical (unpaired) electrons. The Labute approximate surface area is 167 Å². The molecule has 3 saturated carbocycles. The Bertz CT molecular complexity index is 991. The van der Waals surface area contributed by atoms with Crippen LogP contribution in [0.15, 0.2) is 36.7 Å². The van der Waals surface area contributed by atoms with Crippen molar-refractivity contribution in [2.24, 2.45) is 17.3 Å². The number of nitriles is 1. The first-order valence-electron chi connectivity index (χ1n) is 10.1. The molecule has 3 atom stereocenters. The molecule has 1 aromatic carbocycles. The number of halogens is 2. The molecule has 150 valence electrons. The monoisotopic (exact) mass is 396 g/mol. The molecule has 0 N–H and O–H groups in total. The lowest BCUT2D eigenvalue weighted by Gasteiger charge is -2.38. The third kappa shape index (κ3) is 3.11. The first-order valence-corrected chi connectivity index (χ1v) is 10.1. The number of nitrogens with zero attached hydrogens (tertiary/aromatic N) is 4. The Kier molecular flexibility index (Phi) is 4.19. The van der Waals surface area contributed by atoms with Crippen molar-refractivity contribution in [3.63, 3.8) is 0 Å². The van der Waals surface area contributed by atoms with Crippen LogP contribution < -0.4 is 0 Å². The molecule has 5 nitrogen and oxygen atoms in total. The van der Waals surface area contributed by atoms with Gasteiger partial charge in [0.2, 0.25) is 5.91 Å². The lowest BCUT2D eigenvalue weighted by atomic mass is 9.69. The maximum Gasteiger partial charge on any atom is 0.226 e. The van der Waals surface area contributed by atoms with Gasteiger partial charge < -0.3 is 4.90 Å². The number of rotatable bonds is 4. The summed E-state index contributed by atoms with van der Waals surface area (Å²) in [7, 11) is 0. The second kappa shape index (κ2) is 6.65. The smallest absolute Gasteiger partial charge is 0.226 e. The predicted octanol–water partition coefficient (Wildman–Crippen LogP) is 3.62. The van der Waals surface area contributed by atoms with Crippen LogP contribution in [0.2, 0.25) is 0 Å². The molecule has 1 aliphatic heterocycles. The largest absolute Gasteiger partial charge is 0.332 e. The Morgan fingerprint density at radius 3 is 2.90 bits per heavy atom. The number of aromatic nitrogens is 2. The Balaban J connectivity index is 1.31. The van der Waals surface area contributed by atoms with Crippen molar-refractivity contribution in [3.05, 3.63) is 53.6 Å². The Morgan fingerprint density at radius 2 is 2.17 bits per heavy atom. The lowest BCUT2D eigenvalue weighted by molar-refractivity contribution is -0.137. The molecule has 2 heterocycles. The summed E-state index contributed by atoms with van der Waals surface area (Å²) < 4.78 is 29.7. The molecule has 3 aliphatic carbocycles. The second-order valence-electron chi connectivity index (χ2n) is 8.91. The van der Waals surface area contributed by atoms with Gasteiger partial charge >= 0.3 is 0 Å². The van der Waals surface area contributed by atoms with Gasteiger partial charge in [0.15, 0.2) is 0 Å². The third-order valence-corrected chi connectivity index (χ3v) is 6.96. The number of hydrogen-bond acceptors (Lipinski definition) is 3. The highest BCUT2D eigenvalue weighted by molar-refractivity contribution is 5.81. The van der Waals surface area contributed by atoms with Crippen molar-refractivity contribution in [1.82, 2.24) is 14.7 Å². The van der Waals surface area contributed by atoms with Crippen molar-refractivity contribution < 1.29 is 13.6 Å². The van der Waals surface area contributed by atoms with Crippen molar-refractivity contribution in [2.75, 3.05) is 6.54 Å². The third-order valence-electron chi connectivity index (χ3n) is 6.96. The molecule has 2 unspecified atom stereocenters. The molecule has 1 amide bonds. The Morgan fingerprint density at radius 1 is 1.34 bits per heavy atom. The highest BCUT2D eigenvalue weighted by Gasteiger charge is 2.59. The summed E-state index contributed by atoms with van der Waals surface area (Å²) in [5, 5.41) is 13.2. The van der Waals surface area contributed by atoms with E-state index < -0.39 is 12.2 Å². The number of likely N-dealkylation sites (tertiary alicyclic amines) is 1. The average molecular weight is 396 g/mol.